The molecule has 0 aliphatic carbocycles. The van der Waals surface area contributed by atoms with E-state index in [0.717, 1.165) is 171 Å². The number of nitrogens with zero attached hydrogens (tertiary/aromatic N) is 4. The molecule has 18 aromatic rings. The number of rotatable bonds is 11. The summed E-state index contributed by atoms with van der Waals surface area (Å²) in [4.78, 5) is 13.9. The van der Waals surface area contributed by atoms with Gasteiger partial charge in [0.05, 0.1) is 17.1 Å². The van der Waals surface area contributed by atoms with Crippen LogP contribution in [0.3, 0.4) is 0 Å². The monoisotopic (exact) mass is 1150 g/mol. The summed E-state index contributed by atoms with van der Waals surface area (Å²) < 4.78 is 15.3. The van der Waals surface area contributed by atoms with Crippen LogP contribution in [-0.4, -0.2) is 9.97 Å². The Morgan fingerprint density at radius 2 is 0.744 bits per heavy atom. The molecular formula is C84H52N4O2. The van der Waals surface area contributed by atoms with Crippen molar-refractivity contribution in [3.05, 3.63) is 316 Å². The Kier molecular flexibility index (Phi) is 11.8. The van der Waals surface area contributed by atoms with Crippen molar-refractivity contribution in [1.82, 2.24) is 9.97 Å². The fourth-order valence-corrected chi connectivity index (χ4v) is 14.1. The molecule has 3 aromatic heterocycles. The van der Waals surface area contributed by atoms with Crippen molar-refractivity contribution in [2.75, 3.05) is 9.80 Å². The minimum atomic E-state index is 0.758. The number of fused-ring (bicyclic) bond motifs is 4. The van der Waals surface area contributed by atoms with Crippen LogP contribution in [0.4, 0.5) is 34.1 Å². The van der Waals surface area contributed by atoms with E-state index in [1.54, 1.807) is 6.33 Å². The van der Waals surface area contributed by atoms with Gasteiger partial charge in [-0.1, -0.05) is 200 Å². The molecule has 6 nitrogen and oxygen atoms in total. The number of para-hydroxylation sites is 3. The van der Waals surface area contributed by atoms with Crippen LogP contribution in [-0.2, 0) is 0 Å². The second-order valence-electron chi connectivity index (χ2n) is 23.2. The van der Waals surface area contributed by atoms with Crippen LogP contribution in [0.25, 0.3) is 143 Å². The number of hydrogen-bond acceptors (Lipinski definition) is 6. The van der Waals surface area contributed by atoms with Crippen molar-refractivity contribution in [3.8, 4) is 55.6 Å². The number of anilines is 6. The Hall–Kier alpha value is -12.1. The quantitative estimate of drug-likeness (QED) is 0.120. The largest absolute Gasteiger partial charge is 0.456 e. The van der Waals surface area contributed by atoms with Gasteiger partial charge in [0.15, 0.2) is 5.58 Å². The molecule has 0 radical (unpaired) electrons. The highest BCUT2D eigenvalue weighted by Crippen LogP contribution is 2.54. The number of furan rings is 2. The van der Waals surface area contributed by atoms with Gasteiger partial charge < -0.3 is 18.6 Å². The molecule has 6 heteroatoms. The lowest BCUT2D eigenvalue weighted by molar-refractivity contribution is 0.669. The Bertz CT molecular complexity index is 5720. The van der Waals surface area contributed by atoms with Crippen molar-refractivity contribution < 1.29 is 8.83 Å². The van der Waals surface area contributed by atoms with E-state index < -0.39 is 0 Å². The predicted molar refractivity (Wildman–Crippen MR) is 374 cm³/mol. The molecule has 0 fully saturated rings. The predicted octanol–water partition coefficient (Wildman–Crippen LogP) is 23.6. The van der Waals surface area contributed by atoms with E-state index >= 15 is 0 Å². The lowest BCUT2D eigenvalue weighted by Gasteiger charge is -2.29. The van der Waals surface area contributed by atoms with Gasteiger partial charge >= 0.3 is 0 Å². The average molecular weight is 1150 g/mol. The van der Waals surface area contributed by atoms with E-state index in [1.807, 2.05) is 12.4 Å². The summed E-state index contributed by atoms with van der Waals surface area (Å²) in [6.45, 7) is 0. The molecule has 0 saturated carbocycles. The molecule has 0 amide bonds. The number of hydrogen-bond donors (Lipinski definition) is 0. The minimum Gasteiger partial charge on any atom is -0.456 e. The summed E-state index contributed by atoms with van der Waals surface area (Å²) in [6, 6.07) is 107. The van der Waals surface area contributed by atoms with Crippen molar-refractivity contribution in [1.29, 1.82) is 0 Å². The zero-order valence-corrected chi connectivity index (χ0v) is 48.6. The van der Waals surface area contributed by atoms with Gasteiger partial charge in [0.2, 0.25) is 0 Å². The first-order chi connectivity index (χ1) is 44.6. The second-order valence-corrected chi connectivity index (χ2v) is 23.2. The Morgan fingerprint density at radius 3 is 1.40 bits per heavy atom. The fraction of sp³-hybridized carbons (Fsp3) is 0. The third-order valence-electron chi connectivity index (χ3n) is 18.1. The summed E-state index contributed by atoms with van der Waals surface area (Å²) in [5.74, 6) is 0. The first-order valence-electron chi connectivity index (χ1n) is 30.5. The van der Waals surface area contributed by atoms with Gasteiger partial charge in [0, 0.05) is 73.4 Å². The Labute approximate surface area is 518 Å². The standard InChI is InChI=1S/C84H52N4O2/c1-7-21-53(22-8-1)56-36-38-69-61(41-56)42-58-27-19-20-34-68(58)83(69)88(65-32-17-6-18-33-65)75-40-39-70-74-48-66(87(63-28-13-4-14-29-63)64-30-15-5-16-31-64)49-78-80(74)79-72(45-60(47-76(79)89-78)62-50-85-52-86-51-62)73-44-59(46-77-81(73)82(70)84(75)90-77)57-35-37-67(54-23-9-2-10-24-54)71(43-57)55-25-11-3-12-26-55/h1-52H. The van der Waals surface area contributed by atoms with Gasteiger partial charge in [-0.15, -0.1) is 0 Å². The smallest absolute Gasteiger partial charge is 0.160 e. The minimum absolute atomic E-state index is 0.758. The summed E-state index contributed by atoms with van der Waals surface area (Å²) in [7, 11) is 0. The number of aromatic nitrogens is 2. The lowest BCUT2D eigenvalue weighted by Crippen LogP contribution is -2.11. The molecule has 15 aromatic carbocycles. The Morgan fingerprint density at radius 1 is 0.256 bits per heavy atom. The highest BCUT2D eigenvalue weighted by molar-refractivity contribution is 6.38. The van der Waals surface area contributed by atoms with E-state index in [9.17, 15) is 0 Å². The first-order valence-corrected chi connectivity index (χ1v) is 30.5. The maximum atomic E-state index is 7.89. The summed E-state index contributed by atoms with van der Waals surface area (Å²) >= 11 is 0. The van der Waals surface area contributed by atoms with Crippen LogP contribution >= 0.6 is 0 Å². The molecule has 0 aliphatic rings. The van der Waals surface area contributed by atoms with Crippen LogP contribution in [0.2, 0.25) is 0 Å². The van der Waals surface area contributed by atoms with Crippen LogP contribution in [0.15, 0.2) is 325 Å². The van der Waals surface area contributed by atoms with Gasteiger partial charge in [0.1, 0.15) is 23.1 Å². The normalized spacial score (nSPS) is 11.8. The van der Waals surface area contributed by atoms with Gasteiger partial charge in [0.25, 0.3) is 0 Å². The topological polar surface area (TPSA) is 58.5 Å². The Balaban J connectivity index is 1.00. The molecule has 0 N–H and O–H groups in total. The van der Waals surface area contributed by atoms with E-state index in [1.165, 1.54) is 5.56 Å². The van der Waals surface area contributed by atoms with E-state index in [-0.39, 0.29) is 0 Å². The average Bonchev–Trinajstić information content (AvgIpc) is 1.49. The zero-order chi connectivity index (χ0) is 59.2. The third-order valence-corrected chi connectivity index (χ3v) is 18.1. The lowest BCUT2D eigenvalue weighted by atomic mass is 9.89. The molecule has 3 heterocycles. The SMILES string of the molecule is c1ccc(-c2ccc3c(N(c4ccccc4)c4ccc5c6cc(N(c7ccccc7)c7ccccc7)cc7oc8cc(-c9cncnc9)cc(c9cc(-c%10ccc(-c%11ccccc%11)c(-c%11ccccc%11)c%10)cc%10oc4c5c%109)c8c76)c4ccccc4cc3c2)cc1. The first kappa shape index (κ1) is 51.1. The van der Waals surface area contributed by atoms with Crippen LogP contribution in [0.1, 0.15) is 0 Å². The van der Waals surface area contributed by atoms with Crippen molar-refractivity contribution >= 4 is 121 Å². The molecule has 0 saturated heterocycles. The van der Waals surface area contributed by atoms with E-state index in [4.69, 9.17) is 8.83 Å². The molecule has 0 bridgehead atoms. The highest BCUT2D eigenvalue weighted by atomic mass is 16.3. The van der Waals surface area contributed by atoms with Crippen molar-refractivity contribution in [3.63, 3.8) is 0 Å². The van der Waals surface area contributed by atoms with Crippen molar-refractivity contribution in [2.45, 2.75) is 0 Å². The number of benzene rings is 14. The molecule has 0 spiro atoms. The second kappa shape index (κ2) is 20.8. The molecule has 18 rings (SSSR count). The molecule has 0 aliphatic heterocycles. The maximum absolute atomic E-state index is 7.89. The van der Waals surface area contributed by atoms with Gasteiger partial charge in [-0.2, -0.15) is 0 Å². The zero-order valence-electron chi connectivity index (χ0n) is 48.6. The van der Waals surface area contributed by atoms with Gasteiger partial charge in [-0.05, 0) is 173 Å². The summed E-state index contributed by atoms with van der Waals surface area (Å²) in [6.07, 6.45) is 5.35. The van der Waals surface area contributed by atoms with E-state index in [0.29, 0.717) is 0 Å². The van der Waals surface area contributed by atoms with E-state index in [2.05, 4.69) is 317 Å². The van der Waals surface area contributed by atoms with Crippen LogP contribution in [0.5, 0.6) is 0 Å². The maximum Gasteiger partial charge on any atom is 0.160 e. The third kappa shape index (κ3) is 8.34. The molecule has 420 valence electrons. The fourth-order valence-electron chi connectivity index (χ4n) is 14.1. The van der Waals surface area contributed by atoms with Crippen molar-refractivity contribution in [2.24, 2.45) is 0 Å². The summed E-state index contributed by atoms with van der Waals surface area (Å²) in [5.41, 5.74) is 19.8. The van der Waals surface area contributed by atoms with Crippen LogP contribution in [0, 0.1) is 0 Å². The molecular weight excluding hydrogens is 1100 g/mol. The molecule has 0 unspecified atom stereocenters. The van der Waals surface area contributed by atoms with Gasteiger partial charge in [-0.3, -0.25) is 0 Å². The van der Waals surface area contributed by atoms with Crippen LogP contribution < -0.4 is 9.80 Å². The summed E-state index contributed by atoms with van der Waals surface area (Å²) in [5, 5.41) is 12.7. The van der Waals surface area contributed by atoms with Gasteiger partial charge in [-0.25, -0.2) is 9.97 Å². The molecule has 90 heavy (non-hydrogen) atoms. The molecule has 0 atom stereocenters. The highest BCUT2D eigenvalue weighted by Gasteiger charge is 2.29.